The maximum Gasteiger partial charge on any atom is 0.262 e. The molecule has 6 heteroatoms. The average Bonchev–Trinajstić information content (AvgIpc) is 2.64. The second kappa shape index (κ2) is 8.01. The number of fused-ring (bicyclic) bond motifs is 1. The smallest absolute Gasteiger partial charge is 0.262 e. The van der Waals surface area contributed by atoms with Crippen molar-refractivity contribution in [2.24, 2.45) is 5.10 Å². The molecule has 0 saturated carbocycles. The molecular weight excluding hydrogens is 394 g/mol. The molecule has 3 aromatic carbocycles. The predicted octanol–water partition coefficient (Wildman–Crippen LogP) is 4.26. The van der Waals surface area contributed by atoms with E-state index in [1.54, 1.807) is 25.1 Å². The molecule has 0 fully saturated rings. The number of phenols is 1. The van der Waals surface area contributed by atoms with Crippen molar-refractivity contribution in [3.63, 3.8) is 0 Å². The van der Waals surface area contributed by atoms with Crippen molar-refractivity contribution in [2.45, 2.75) is 13.0 Å². The molecule has 0 radical (unpaired) electrons. The van der Waals surface area contributed by atoms with E-state index in [9.17, 15) is 9.90 Å². The van der Waals surface area contributed by atoms with Gasteiger partial charge in [-0.15, -0.1) is 0 Å². The lowest BCUT2D eigenvalue weighted by atomic mass is 10.1. The number of carbonyl (C=O) groups is 1. The molecule has 0 spiro atoms. The predicted molar refractivity (Wildman–Crippen MR) is 109 cm³/mol. The zero-order chi connectivity index (χ0) is 18.5. The minimum Gasteiger partial charge on any atom is -0.507 e. The summed E-state index contributed by atoms with van der Waals surface area (Å²) in [7, 11) is 0. The van der Waals surface area contributed by atoms with Gasteiger partial charge in [-0.3, -0.25) is 4.79 Å². The van der Waals surface area contributed by atoms with Crippen LogP contribution in [-0.4, -0.2) is 23.3 Å². The molecule has 0 saturated heterocycles. The second-order valence-electron chi connectivity index (χ2n) is 5.87. The standard InChI is InChI=1S/C20H18BrN3O2/c1-13(23-18-8-6-14-4-2-3-5-15(14)11-18)20(26)24-22-12-16-10-17(21)7-9-19(16)25/h2-13,23,25H,1H3,(H,24,26)/b22-12+. The van der Waals surface area contributed by atoms with E-state index in [1.807, 2.05) is 42.5 Å². The van der Waals surface area contributed by atoms with Gasteiger partial charge in [-0.2, -0.15) is 5.10 Å². The zero-order valence-electron chi connectivity index (χ0n) is 14.1. The first-order valence-electron chi connectivity index (χ1n) is 8.10. The molecule has 3 rings (SSSR count). The van der Waals surface area contributed by atoms with Crippen molar-refractivity contribution in [1.82, 2.24) is 5.43 Å². The van der Waals surface area contributed by atoms with E-state index in [4.69, 9.17) is 0 Å². The maximum absolute atomic E-state index is 12.2. The van der Waals surface area contributed by atoms with Crippen molar-refractivity contribution in [3.8, 4) is 5.75 Å². The average molecular weight is 412 g/mol. The quantitative estimate of drug-likeness (QED) is 0.433. The lowest BCUT2D eigenvalue weighted by molar-refractivity contribution is -0.121. The van der Waals surface area contributed by atoms with Crippen LogP contribution in [0.15, 0.2) is 70.2 Å². The molecule has 1 atom stereocenters. The number of halogens is 1. The van der Waals surface area contributed by atoms with Crippen molar-refractivity contribution in [1.29, 1.82) is 0 Å². The summed E-state index contributed by atoms with van der Waals surface area (Å²) in [6, 6.07) is 18.5. The number of nitrogens with one attached hydrogen (secondary N) is 2. The van der Waals surface area contributed by atoms with Crippen LogP contribution in [0.1, 0.15) is 12.5 Å². The number of nitrogens with zero attached hydrogens (tertiary/aromatic N) is 1. The van der Waals surface area contributed by atoms with Gasteiger partial charge < -0.3 is 10.4 Å². The summed E-state index contributed by atoms with van der Waals surface area (Å²) in [4.78, 5) is 12.2. The Labute approximate surface area is 159 Å². The Balaban J connectivity index is 1.61. The zero-order valence-corrected chi connectivity index (χ0v) is 15.7. The molecule has 1 amide bonds. The summed E-state index contributed by atoms with van der Waals surface area (Å²) in [5, 5.41) is 19.1. The summed E-state index contributed by atoms with van der Waals surface area (Å²) in [6.07, 6.45) is 1.40. The Kier molecular flexibility index (Phi) is 5.53. The first kappa shape index (κ1) is 17.9. The summed E-state index contributed by atoms with van der Waals surface area (Å²) in [6.45, 7) is 1.76. The second-order valence-corrected chi connectivity index (χ2v) is 6.78. The highest BCUT2D eigenvalue weighted by Crippen LogP contribution is 2.20. The first-order chi connectivity index (χ1) is 12.5. The van der Waals surface area contributed by atoms with Crippen LogP contribution in [0.2, 0.25) is 0 Å². The summed E-state index contributed by atoms with van der Waals surface area (Å²) < 4.78 is 0.814. The highest BCUT2D eigenvalue weighted by molar-refractivity contribution is 9.10. The molecule has 0 aromatic heterocycles. The van der Waals surface area contributed by atoms with Crippen LogP contribution in [0.3, 0.4) is 0 Å². The number of hydrogen-bond donors (Lipinski definition) is 3. The number of benzene rings is 3. The van der Waals surface area contributed by atoms with Gasteiger partial charge in [-0.25, -0.2) is 5.43 Å². The molecule has 0 aliphatic carbocycles. The SMILES string of the molecule is CC(Nc1ccc2ccccc2c1)C(=O)N/N=C/c1cc(Br)ccc1O. The number of amides is 1. The fourth-order valence-corrected chi connectivity index (χ4v) is 2.86. The van der Waals surface area contributed by atoms with Gasteiger partial charge in [0.2, 0.25) is 0 Å². The van der Waals surface area contributed by atoms with Gasteiger partial charge in [0.25, 0.3) is 5.91 Å². The third kappa shape index (κ3) is 4.40. The topological polar surface area (TPSA) is 73.7 Å². The molecule has 26 heavy (non-hydrogen) atoms. The van der Waals surface area contributed by atoms with Crippen LogP contribution in [-0.2, 0) is 4.79 Å². The Morgan fingerprint density at radius 1 is 1.12 bits per heavy atom. The molecule has 132 valence electrons. The first-order valence-corrected chi connectivity index (χ1v) is 8.89. The molecule has 0 aliphatic heterocycles. The lowest BCUT2D eigenvalue weighted by Crippen LogP contribution is -2.34. The third-order valence-corrected chi connectivity index (χ3v) is 4.39. The van der Waals surface area contributed by atoms with Crippen LogP contribution in [0.5, 0.6) is 5.75 Å². The van der Waals surface area contributed by atoms with E-state index in [0.29, 0.717) is 5.56 Å². The Bertz CT molecular complexity index is 972. The van der Waals surface area contributed by atoms with E-state index < -0.39 is 6.04 Å². The summed E-state index contributed by atoms with van der Waals surface area (Å²) in [5.74, 6) is -0.183. The van der Waals surface area contributed by atoms with Gasteiger partial charge in [0.05, 0.1) is 6.21 Å². The lowest BCUT2D eigenvalue weighted by Gasteiger charge is -2.14. The Morgan fingerprint density at radius 2 is 1.88 bits per heavy atom. The molecule has 5 nitrogen and oxygen atoms in total. The molecule has 0 heterocycles. The van der Waals surface area contributed by atoms with Gasteiger partial charge in [0.1, 0.15) is 11.8 Å². The molecule has 1 unspecified atom stereocenters. The largest absolute Gasteiger partial charge is 0.507 e. The normalized spacial score (nSPS) is 12.2. The maximum atomic E-state index is 12.2. The van der Waals surface area contributed by atoms with Crippen molar-refractivity contribution in [3.05, 3.63) is 70.7 Å². The number of phenolic OH excluding ortho intramolecular Hbond substituents is 1. The van der Waals surface area contributed by atoms with Crippen molar-refractivity contribution < 1.29 is 9.90 Å². The summed E-state index contributed by atoms with van der Waals surface area (Å²) in [5.41, 5.74) is 3.85. The minimum absolute atomic E-state index is 0.0912. The molecule has 0 bridgehead atoms. The van der Waals surface area contributed by atoms with E-state index in [-0.39, 0.29) is 11.7 Å². The highest BCUT2D eigenvalue weighted by Gasteiger charge is 2.12. The van der Waals surface area contributed by atoms with Crippen LogP contribution in [0.4, 0.5) is 5.69 Å². The fraction of sp³-hybridized carbons (Fsp3) is 0.100. The number of rotatable bonds is 5. The van der Waals surface area contributed by atoms with Gasteiger partial charge in [-0.05, 0) is 48.0 Å². The molecular formula is C20H18BrN3O2. The van der Waals surface area contributed by atoms with Crippen LogP contribution in [0.25, 0.3) is 10.8 Å². The van der Waals surface area contributed by atoms with E-state index in [0.717, 1.165) is 20.9 Å². The third-order valence-electron chi connectivity index (χ3n) is 3.89. The Hall–Kier alpha value is -2.86. The van der Waals surface area contributed by atoms with Crippen LogP contribution >= 0.6 is 15.9 Å². The van der Waals surface area contributed by atoms with E-state index in [2.05, 4.69) is 31.8 Å². The Morgan fingerprint density at radius 3 is 2.69 bits per heavy atom. The number of hydrazone groups is 1. The van der Waals surface area contributed by atoms with Gasteiger partial charge >= 0.3 is 0 Å². The van der Waals surface area contributed by atoms with E-state index in [1.165, 1.54) is 6.21 Å². The molecule has 3 aromatic rings. The van der Waals surface area contributed by atoms with Crippen molar-refractivity contribution >= 4 is 44.5 Å². The highest BCUT2D eigenvalue weighted by atomic mass is 79.9. The fourth-order valence-electron chi connectivity index (χ4n) is 2.49. The van der Waals surface area contributed by atoms with E-state index >= 15 is 0 Å². The van der Waals surface area contributed by atoms with Gasteiger partial charge in [-0.1, -0.05) is 46.3 Å². The molecule has 0 aliphatic rings. The number of aromatic hydroxyl groups is 1. The van der Waals surface area contributed by atoms with Crippen molar-refractivity contribution in [2.75, 3.05) is 5.32 Å². The number of anilines is 1. The van der Waals surface area contributed by atoms with Crippen LogP contribution < -0.4 is 10.7 Å². The van der Waals surface area contributed by atoms with Crippen LogP contribution in [0, 0.1) is 0 Å². The van der Waals surface area contributed by atoms with Gasteiger partial charge in [0.15, 0.2) is 0 Å². The number of carbonyl (C=O) groups excluding carboxylic acids is 1. The molecule has 3 N–H and O–H groups in total. The minimum atomic E-state index is -0.468. The monoisotopic (exact) mass is 411 g/mol. The summed E-state index contributed by atoms with van der Waals surface area (Å²) >= 11 is 3.32. The number of hydrogen-bond acceptors (Lipinski definition) is 4. The van der Waals surface area contributed by atoms with Gasteiger partial charge in [0, 0.05) is 15.7 Å².